The van der Waals surface area contributed by atoms with E-state index in [1.165, 1.54) is 0 Å². The van der Waals surface area contributed by atoms with E-state index in [9.17, 15) is 9.32 Å². The average Bonchev–Trinajstić information content (AvgIpc) is 2.51. The first-order valence-electron chi connectivity index (χ1n) is 7.60. The summed E-state index contributed by atoms with van der Waals surface area (Å²) in [6.07, 6.45) is 1.62. The summed E-state index contributed by atoms with van der Waals surface area (Å²) in [5, 5.41) is 16.3. The SMILES string of the molecule is Cc1cc([S-](=N)=O)ccc1Nc1ncc(Br)c(N[C@H](C)C(C)(C)O)n1. The Morgan fingerprint density at radius 1 is 1.40 bits per heavy atom. The van der Waals surface area contributed by atoms with Gasteiger partial charge in [-0.2, -0.15) is 15.6 Å². The summed E-state index contributed by atoms with van der Waals surface area (Å²) in [6.45, 7) is 7.17. The number of benzene rings is 1. The van der Waals surface area contributed by atoms with Crippen molar-refractivity contribution in [2.45, 2.75) is 44.2 Å². The monoisotopic (exact) mass is 426 g/mol. The zero-order valence-electron chi connectivity index (χ0n) is 14.4. The number of hydrogen-bond donors (Lipinski definition) is 4. The molecule has 0 radical (unpaired) electrons. The van der Waals surface area contributed by atoms with Gasteiger partial charge in [-0.15, -0.1) is 0 Å². The normalized spacial score (nSPS) is 12.9. The number of aromatic nitrogens is 2. The van der Waals surface area contributed by atoms with E-state index in [0.29, 0.717) is 21.1 Å². The lowest BCUT2D eigenvalue weighted by Gasteiger charge is -2.27. The Bertz CT molecular complexity index is 841. The smallest absolute Gasteiger partial charge is 0.229 e. The Kier molecular flexibility index (Phi) is 6.02. The molecule has 4 N–H and O–H groups in total. The molecule has 0 bridgehead atoms. The van der Waals surface area contributed by atoms with E-state index >= 15 is 0 Å². The minimum absolute atomic E-state index is 0.223. The fourth-order valence-corrected chi connectivity index (χ4v) is 2.70. The highest BCUT2D eigenvalue weighted by Gasteiger charge is 2.23. The predicted molar refractivity (Wildman–Crippen MR) is 103 cm³/mol. The van der Waals surface area contributed by atoms with Crippen molar-refractivity contribution in [3.63, 3.8) is 0 Å². The summed E-state index contributed by atoms with van der Waals surface area (Å²) in [7, 11) is -1.76. The van der Waals surface area contributed by atoms with Gasteiger partial charge in [0.1, 0.15) is 5.82 Å². The van der Waals surface area contributed by atoms with Crippen LogP contribution in [0.1, 0.15) is 26.3 Å². The molecule has 1 atom stereocenters. The molecule has 0 aliphatic rings. The van der Waals surface area contributed by atoms with Crippen LogP contribution in [0.15, 0.2) is 33.8 Å². The highest BCUT2D eigenvalue weighted by atomic mass is 79.9. The second-order valence-corrected chi connectivity index (χ2v) is 8.14. The third-order valence-electron chi connectivity index (χ3n) is 3.82. The molecule has 0 spiro atoms. The van der Waals surface area contributed by atoms with Crippen molar-refractivity contribution in [2.75, 3.05) is 10.6 Å². The average molecular weight is 427 g/mol. The summed E-state index contributed by atoms with van der Waals surface area (Å²) in [5.74, 6) is 0.949. The first-order valence-corrected chi connectivity index (χ1v) is 9.54. The molecule has 25 heavy (non-hydrogen) atoms. The van der Waals surface area contributed by atoms with E-state index in [1.807, 2.05) is 13.8 Å². The lowest BCUT2D eigenvalue weighted by atomic mass is 10.0. The van der Waals surface area contributed by atoms with E-state index in [1.54, 1.807) is 38.2 Å². The summed E-state index contributed by atoms with van der Waals surface area (Å²) < 4.78 is 19.2. The Labute approximate surface area is 157 Å². The van der Waals surface area contributed by atoms with Crippen LogP contribution < -0.4 is 10.6 Å². The molecular weight excluding hydrogens is 406 g/mol. The summed E-state index contributed by atoms with van der Waals surface area (Å²) >= 11 is 3.40. The van der Waals surface area contributed by atoms with Gasteiger partial charge < -0.3 is 24.7 Å². The number of aryl methyl sites for hydroxylation is 1. The highest BCUT2D eigenvalue weighted by molar-refractivity contribution is 9.10. The first kappa shape index (κ1) is 19.6. The maximum absolute atomic E-state index is 11.2. The van der Waals surface area contributed by atoms with E-state index in [2.05, 4.69) is 36.5 Å². The van der Waals surface area contributed by atoms with E-state index < -0.39 is 16.2 Å². The van der Waals surface area contributed by atoms with Gasteiger partial charge in [-0.3, -0.25) is 0 Å². The molecular formula is C16H21BrN5O2S-. The molecule has 1 heterocycles. The Morgan fingerprint density at radius 2 is 2.08 bits per heavy atom. The lowest BCUT2D eigenvalue weighted by Crippen LogP contribution is -2.39. The van der Waals surface area contributed by atoms with Gasteiger partial charge in [0.2, 0.25) is 5.95 Å². The summed E-state index contributed by atoms with van der Waals surface area (Å²) in [5.41, 5.74) is 0.693. The topological polar surface area (TPSA) is 111 Å². The molecule has 1 aromatic heterocycles. The highest BCUT2D eigenvalue weighted by Crippen LogP contribution is 2.26. The van der Waals surface area contributed by atoms with Gasteiger partial charge >= 0.3 is 0 Å². The zero-order valence-corrected chi connectivity index (χ0v) is 16.8. The molecule has 0 aliphatic heterocycles. The predicted octanol–water partition coefficient (Wildman–Crippen LogP) is 3.95. The van der Waals surface area contributed by atoms with Crippen molar-refractivity contribution >= 4 is 44.0 Å². The van der Waals surface area contributed by atoms with E-state index in [-0.39, 0.29) is 6.04 Å². The second-order valence-electron chi connectivity index (χ2n) is 6.28. The van der Waals surface area contributed by atoms with Gasteiger partial charge in [0.25, 0.3) is 0 Å². The maximum atomic E-state index is 11.2. The molecule has 7 nitrogen and oxygen atoms in total. The van der Waals surface area contributed by atoms with Crippen LogP contribution >= 0.6 is 15.9 Å². The minimum atomic E-state index is -1.76. The number of rotatable bonds is 6. The molecule has 0 fully saturated rings. The van der Waals surface area contributed by atoms with Crippen LogP contribution in [0.5, 0.6) is 0 Å². The van der Waals surface area contributed by atoms with Crippen molar-refractivity contribution < 1.29 is 9.32 Å². The number of halogens is 1. The second kappa shape index (κ2) is 7.67. The first-order chi connectivity index (χ1) is 11.6. The summed E-state index contributed by atoms with van der Waals surface area (Å²) in [4.78, 5) is 9.11. The van der Waals surface area contributed by atoms with Gasteiger partial charge in [0.15, 0.2) is 0 Å². The van der Waals surface area contributed by atoms with Gasteiger partial charge in [0.05, 0.1) is 16.1 Å². The van der Waals surface area contributed by atoms with E-state index in [0.717, 1.165) is 11.3 Å². The summed E-state index contributed by atoms with van der Waals surface area (Å²) in [6, 6.07) is 4.85. The van der Waals surface area contributed by atoms with Crippen LogP contribution in [0.3, 0.4) is 0 Å². The van der Waals surface area contributed by atoms with Crippen LogP contribution in [0.25, 0.3) is 0 Å². The lowest BCUT2D eigenvalue weighted by molar-refractivity contribution is 0.0647. The van der Waals surface area contributed by atoms with Crippen LogP contribution in [-0.2, 0) is 14.8 Å². The van der Waals surface area contributed by atoms with Gasteiger partial charge in [-0.1, -0.05) is 17.0 Å². The third kappa shape index (κ3) is 5.13. The van der Waals surface area contributed by atoms with Crippen molar-refractivity contribution in [1.29, 1.82) is 4.78 Å². The van der Waals surface area contributed by atoms with E-state index in [4.69, 9.17) is 4.78 Å². The van der Waals surface area contributed by atoms with Crippen molar-refractivity contribution in [3.8, 4) is 0 Å². The standard InChI is InChI=1S/C16H21BrN5O2S/c1-9-7-11(25(18)24)5-6-13(9)21-15-19-8-12(17)14(22-15)20-10(2)16(3,4)23/h5-8,10,18,23H,1-4H3,(H2,19,20,21,22)/q-1/t10-/m1/s1. The number of anilines is 3. The Morgan fingerprint density at radius 3 is 2.64 bits per heavy atom. The number of nitrogens with one attached hydrogen (secondary N) is 3. The molecule has 136 valence electrons. The fourth-order valence-electron chi connectivity index (χ4n) is 1.92. The van der Waals surface area contributed by atoms with Gasteiger partial charge in [-0.05, 0) is 55.3 Å². The van der Waals surface area contributed by atoms with Gasteiger partial charge in [0, 0.05) is 11.9 Å². The van der Waals surface area contributed by atoms with Crippen LogP contribution in [0, 0.1) is 11.7 Å². The molecule has 1 aromatic carbocycles. The van der Waals surface area contributed by atoms with Crippen LogP contribution in [-0.4, -0.2) is 26.7 Å². The Balaban J connectivity index is 2.25. The number of nitrogens with zero attached hydrogens (tertiary/aromatic N) is 2. The zero-order chi connectivity index (χ0) is 18.8. The third-order valence-corrected chi connectivity index (χ3v) is 5.08. The largest absolute Gasteiger partial charge is 0.440 e. The number of aliphatic hydroxyl groups is 1. The molecule has 0 saturated carbocycles. The molecule has 2 aromatic rings. The fraction of sp³-hybridized carbons (Fsp3) is 0.375. The van der Waals surface area contributed by atoms with Crippen LogP contribution in [0.4, 0.5) is 17.5 Å². The van der Waals surface area contributed by atoms with Crippen molar-refractivity contribution in [2.24, 2.45) is 0 Å². The van der Waals surface area contributed by atoms with Crippen molar-refractivity contribution in [1.82, 2.24) is 9.97 Å². The quantitative estimate of drug-likeness (QED) is 0.520. The van der Waals surface area contributed by atoms with Crippen molar-refractivity contribution in [3.05, 3.63) is 34.4 Å². The molecule has 2 rings (SSSR count). The maximum Gasteiger partial charge on any atom is 0.229 e. The Hall–Kier alpha value is -1.71. The molecule has 0 amide bonds. The molecule has 9 heteroatoms. The molecule has 0 saturated heterocycles. The van der Waals surface area contributed by atoms with Gasteiger partial charge in [-0.25, -0.2) is 4.98 Å². The number of hydrogen-bond acceptors (Lipinski definition) is 8. The van der Waals surface area contributed by atoms with Crippen LogP contribution in [0.2, 0.25) is 0 Å². The molecule has 0 unspecified atom stereocenters. The minimum Gasteiger partial charge on any atom is -0.440 e. The molecule has 0 aliphatic carbocycles.